The highest BCUT2D eigenvalue weighted by atomic mass is 14.5. The molecule has 0 bridgehead atoms. The second kappa shape index (κ2) is 4.26. The third-order valence-electron chi connectivity index (χ3n) is 4.70. The molecular weight excluding hydrogens is 180 g/mol. The van der Waals surface area contributed by atoms with Crippen molar-refractivity contribution in [3.63, 3.8) is 0 Å². The first-order chi connectivity index (χ1) is 6.45. The lowest BCUT2D eigenvalue weighted by molar-refractivity contribution is -0.00718. The zero-order chi connectivity index (χ0) is 12.5. The highest BCUT2D eigenvalue weighted by Crippen LogP contribution is 2.53. The lowest BCUT2D eigenvalue weighted by Gasteiger charge is -2.50. The molecule has 15 heavy (non-hydrogen) atoms. The zero-order valence-corrected chi connectivity index (χ0v) is 12.2. The summed E-state index contributed by atoms with van der Waals surface area (Å²) < 4.78 is 0. The molecule has 0 aliphatic carbocycles. The monoisotopic (exact) mass is 209 g/mol. The molecule has 0 atom stereocenters. The van der Waals surface area contributed by atoms with E-state index in [1.165, 1.54) is 5.57 Å². The van der Waals surface area contributed by atoms with Gasteiger partial charge in [0, 0.05) is 13.3 Å². The number of rotatable bonds is 3. The summed E-state index contributed by atoms with van der Waals surface area (Å²) in [7, 11) is 0. The Morgan fingerprint density at radius 1 is 0.933 bits per heavy atom. The molecular formula is C15H29+. The lowest BCUT2D eigenvalue weighted by atomic mass is 9.54. The van der Waals surface area contributed by atoms with Gasteiger partial charge in [-0.2, -0.15) is 0 Å². The van der Waals surface area contributed by atoms with Crippen molar-refractivity contribution in [3.05, 3.63) is 11.6 Å². The average Bonchev–Trinajstić information content (AvgIpc) is 2.00. The molecule has 88 valence electrons. The van der Waals surface area contributed by atoms with E-state index in [2.05, 4.69) is 61.5 Å². The van der Waals surface area contributed by atoms with Gasteiger partial charge < -0.3 is 0 Å². The first-order valence-electron chi connectivity index (χ1n) is 5.96. The van der Waals surface area contributed by atoms with Gasteiger partial charge in [0.1, 0.15) is 0 Å². The molecule has 0 amide bonds. The maximum Gasteiger partial charge on any atom is 0.217 e. The topological polar surface area (TPSA) is 0 Å². The van der Waals surface area contributed by atoms with E-state index in [1.54, 1.807) is 0 Å². The van der Waals surface area contributed by atoms with Crippen LogP contribution in [0.5, 0.6) is 0 Å². The van der Waals surface area contributed by atoms with Gasteiger partial charge in [-0.15, -0.1) is 0 Å². The van der Waals surface area contributed by atoms with Gasteiger partial charge in [0.2, 0.25) is 6.08 Å². The van der Waals surface area contributed by atoms with Crippen molar-refractivity contribution in [1.82, 2.24) is 0 Å². The molecule has 0 aromatic heterocycles. The molecule has 0 N–H and O–H groups in total. The fourth-order valence-corrected chi connectivity index (χ4v) is 1.99. The van der Waals surface area contributed by atoms with Crippen LogP contribution in [0.4, 0.5) is 0 Å². The van der Waals surface area contributed by atoms with Gasteiger partial charge in [-0.25, -0.2) is 0 Å². The van der Waals surface area contributed by atoms with Crippen LogP contribution in [-0.2, 0) is 0 Å². The maximum absolute atomic E-state index is 3.26. The van der Waals surface area contributed by atoms with Gasteiger partial charge in [-0.1, -0.05) is 48.5 Å². The summed E-state index contributed by atoms with van der Waals surface area (Å²) in [5.41, 5.74) is 2.30. The van der Waals surface area contributed by atoms with Crippen LogP contribution in [0.25, 0.3) is 0 Å². The molecule has 0 fully saturated rings. The van der Waals surface area contributed by atoms with Gasteiger partial charge in [0.15, 0.2) is 12.5 Å². The molecule has 0 saturated heterocycles. The van der Waals surface area contributed by atoms with Gasteiger partial charge in [-0.3, -0.25) is 0 Å². The van der Waals surface area contributed by atoms with E-state index >= 15 is 0 Å². The minimum absolute atomic E-state index is 0.304. The molecule has 0 aromatic carbocycles. The molecule has 0 heterocycles. The Morgan fingerprint density at radius 2 is 1.33 bits per heavy atom. The molecule has 0 heteroatoms. The van der Waals surface area contributed by atoms with Crippen LogP contribution < -0.4 is 0 Å². The van der Waals surface area contributed by atoms with Crippen molar-refractivity contribution in [2.24, 2.45) is 16.2 Å². The van der Waals surface area contributed by atoms with E-state index in [9.17, 15) is 0 Å². The van der Waals surface area contributed by atoms with Crippen LogP contribution in [0.3, 0.4) is 0 Å². The standard InChI is InChI=1S/C15H29/c1-10-12(2)11-14(6,7)15(8,9)13(3,4)5/h11H2,1-9H3/q+1. The van der Waals surface area contributed by atoms with Crippen LogP contribution in [0, 0.1) is 22.3 Å². The smallest absolute Gasteiger partial charge is 0.0596 e. The molecule has 0 radical (unpaired) electrons. The molecule has 0 aliphatic heterocycles. The molecule has 0 unspecified atom stereocenters. The van der Waals surface area contributed by atoms with Crippen LogP contribution >= 0.6 is 0 Å². The fraction of sp³-hybridized carbons (Fsp3) is 0.867. The SMILES string of the molecule is C[C+]=C(C)CC(C)(C)C(C)(C)C(C)(C)C. The van der Waals surface area contributed by atoms with Gasteiger partial charge in [-0.05, 0) is 16.2 Å². The first kappa shape index (κ1) is 14.6. The van der Waals surface area contributed by atoms with E-state index in [0.717, 1.165) is 6.42 Å². The van der Waals surface area contributed by atoms with E-state index in [1.807, 2.05) is 6.92 Å². The Kier molecular flexibility index (Phi) is 4.16. The number of allylic oxidation sites excluding steroid dienone is 2. The fourth-order valence-electron chi connectivity index (χ4n) is 1.99. The Hall–Kier alpha value is -0.350. The highest BCUT2D eigenvalue weighted by molar-refractivity contribution is 5.03. The summed E-state index contributed by atoms with van der Waals surface area (Å²) >= 11 is 0. The van der Waals surface area contributed by atoms with Gasteiger partial charge in [0.05, 0.1) is 0 Å². The summed E-state index contributed by atoms with van der Waals surface area (Å²) in [5.74, 6) is 0. The Morgan fingerprint density at radius 3 is 1.60 bits per heavy atom. The van der Waals surface area contributed by atoms with Crippen molar-refractivity contribution in [2.75, 3.05) is 0 Å². The van der Waals surface area contributed by atoms with E-state index in [0.29, 0.717) is 16.2 Å². The Balaban J connectivity index is 5.02. The summed E-state index contributed by atoms with van der Waals surface area (Å²) in [6.45, 7) is 20.7. The third-order valence-corrected chi connectivity index (χ3v) is 4.70. The second-order valence-electron chi connectivity index (χ2n) is 6.97. The Bertz CT molecular complexity index is 233. The van der Waals surface area contributed by atoms with Crippen molar-refractivity contribution < 1.29 is 0 Å². The second-order valence-corrected chi connectivity index (χ2v) is 6.97. The van der Waals surface area contributed by atoms with Crippen LogP contribution in [0.15, 0.2) is 5.57 Å². The third kappa shape index (κ3) is 3.05. The van der Waals surface area contributed by atoms with Gasteiger partial charge in [0.25, 0.3) is 0 Å². The summed E-state index contributed by atoms with van der Waals surface area (Å²) in [6.07, 6.45) is 4.39. The molecule has 0 aliphatic rings. The average molecular weight is 209 g/mol. The lowest BCUT2D eigenvalue weighted by Crippen LogP contribution is -2.43. The predicted octanol–water partition coefficient (Wildman–Crippen LogP) is 5.24. The molecule has 0 saturated carbocycles. The molecule has 0 rings (SSSR count). The van der Waals surface area contributed by atoms with Gasteiger partial charge >= 0.3 is 0 Å². The number of hydrogen-bond donors (Lipinski definition) is 0. The van der Waals surface area contributed by atoms with E-state index < -0.39 is 0 Å². The summed E-state index contributed by atoms with van der Waals surface area (Å²) in [4.78, 5) is 0. The summed E-state index contributed by atoms with van der Waals surface area (Å²) in [5, 5.41) is 0. The molecule has 0 spiro atoms. The quantitative estimate of drug-likeness (QED) is 0.557. The maximum atomic E-state index is 3.26. The minimum Gasteiger partial charge on any atom is -0.0596 e. The highest BCUT2D eigenvalue weighted by Gasteiger charge is 2.46. The number of hydrogen-bond acceptors (Lipinski definition) is 0. The van der Waals surface area contributed by atoms with Crippen LogP contribution in [0.1, 0.15) is 68.7 Å². The zero-order valence-electron chi connectivity index (χ0n) is 12.2. The van der Waals surface area contributed by atoms with E-state index in [4.69, 9.17) is 0 Å². The van der Waals surface area contributed by atoms with Crippen LogP contribution in [-0.4, -0.2) is 0 Å². The van der Waals surface area contributed by atoms with Crippen LogP contribution in [0.2, 0.25) is 0 Å². The minimum atomic E-state index is 0.304. The van der Waals surface area contributed by atoms with Crippen molar-refractivity contribution in [2.45, 2.75) is 68.7 Å². The predicted molar refractivity (Wildman–Crippen MR) is 69.7 cm³/mol. The van der Waals surface area contributed by atoms with E-state index in [-0.39, 0.29) is 0 Å². The van der Waals surface area contributed by atoms with Crippen molar-refractivity contribution in [1.29, 1.82) is 0 Å². The molecule has 0 nitrogen and oxygen atoms in total. The first-order valence-corrected chi connectivity index (χ1v) is 5.96. The normalized spacial score (nSPS) is 15.1. The van der Waals surface area contributed by atoms with Crippen molar-refractivity contribution in [3.8, 4) is 0 Å². The van der Waals surface area contributed by atoms with Crippen molar-refractivity contribution >= 4 is 0 Å². The largest absolute Gasteiger partial charge is 0.217 e. The Labute approximate surface area is 97.2 Å². The molecule has 0 aromatic rings. The summed E-state index contributed by atoms with van der Waals surface area (Å²) in [6, 6.07) is 0.